The Morgan fingerprint density at radius 3 is 2.56 bits per heavy atom. The van der Waals surface area contributed by atoms with Crippen LogP contribution in [0.15, 0.2) is 46.3 Å². The predicted octanol–water partition coefficient (Wildman–Crippen LogP) is 3.17. The fraction of sp³-hybridized carbons (Fsp3) is 0.450. The van der Waals surface area contributed by atoms with Gasteiger partial charge in [0.25, 0.3) is 0 Å². The molecule has 0 N–H and O–H groups in total. The molecule has 146 valence electrons. The van der Waals surface area contributed by atoms with E-state index in [0.29, 0.717) is 13.2 Å². The molecule has 27 heavy (non-hydrogen) atoms. The molecule has 1 fully saturated rings. The Morgan fingerprint density at radius 1 is 1.15 bits per heavy atom. The molecule has 0 aliphatic carbocycles. The number of piperazine rings is 1. The second-order valence-corrected chi connectivity index (χ2v) is 9.31. The predicted molar refractivity (Wildman–Crippen MR) is 113 cm³/mol. The maximum atomic E-state index is 12.5. The number of rotatable bonds is 8. The van der Waals surface area contributed by atoms with Gasteiger partial charge in [0.1, 0.15) is 12.4 Å². The summed E-state index contributed by atoms with van der Waals surface area (Å²) in [5, 5.41) is 0. The highest BCUT2D eigenvalue weighted by atomic mass is 79.9. The standard InChI is InChI=1S/C20H26BrN3O2S/c1-22(13-14-26-17-5-3-2-4-6-17)16-20(25)24-11-9-23(10-12-24)15-18-7-8-19(21)27-18/h2-8H,9-16H2,1H3. The van der Waals surface area contributed by atoms with Gasteiger partial charge in [-0.25, -0.2) is 0 Å². The molecule has 0 spiro atoms. The highest BCUT2D eigenvalue weighted by molar-refractivity contribution is 9.11. The van der Waals surface area contributed by atoms with Crippen LogP contribution < -0.4 is 4.74 Å². The molecule has 2 aromatic rings. The number of halogens is 1. The molecule has 1 amide bonds. The minimum absolute atomic E-state index is 0.204. The molecule has 0 saturated carbocycles. The van der Waals surface area contributed by atoms with Gasteiger partial charge in [-0.3, -0.25) is 14.6 Å². The third-order valence-corrected chi connectivity index (χ3v) is 6.23. The molecule has 1 aliphatic rings. The van der Waals surface area contributed by atoms with E-state index in [2.05, 4.69) is 33.0 Å². The maximum Gasteiger partial charge on any atom is 0.236 e. The monoisotopic (exact) mass is 451 g/mol. The zero-order valence-electron chi connectivity index (χ0n) is 15.6. The number of hydrogen-bond acceptors (Lipinski definition) is 5. The van der Waals surface area contributed by atoms with Crippen LogP contribution in [0.3, 0.4) is 0 Å². The Balaban J connectivity index is 1.33. The van der Waals surface area contributed by atoms with Gasteiger partial charge >= 0.3 is 0 Å². The van der Waals surface area contributed by atoms with Gasteiger partial charge in [-0.1, -0.05) is 18.2 Å². The summed E-state index contributed by atoms with van der Waals surface area (Å²) >= 11 is 5.29. The zero-order chi connectivity index (χ0) is 19.1. The number of hydrogen-bond donors (Lipinski definition) is 0. The van der Waals surface area contributed by atoms with E-state index in [1.165, 1.54) is 8.66 Å². The molecular weight excluding hydrogens is 426 g/mol. The van der Waals surface area contributed by atoms with Crippen LogP contribution in [0, 0.1) is 0 Å². The molecule has 0 unspecified atom stereocenters. The number of nitrogens with zero attached hydrogens (tertiary/aromatic N) is 3. The number of ether oxygens (including phenoxy) is 1. The highest BCUT2D eigenvalue weighted by Crippen LogP contribution is 2.23. The lowest BCUT2D eigenvalue weighted by atomic mass is 10.3. The molecule has 0 atom stereocenters. The summed E-state index contributed by atoms with van der Waals surface area (Å²) < 4.78 is 6.87. The largest absolute Gasteiger partial charge is 0.492 e. The summed E-state index contributed by atoms with van der Waals surface area (Å²) in [6.45, 7) is 6.19. The Bertz CT molecular complexity index is 717. The van der Waals surface area contributed by atoms with Gasteiger partial charge in [0, 0.05) is 44.1 Å². The Hall–Kier alpha value is -1.41. The van der Waals surface area contributed by atoms with Crippen molar-refractivity contribution in [1.82, 2.24) is 14.7 Å². The van der Waals surface area contributed by atoms with E-state index in [1.54, 1.807) is 11.3 Å². The number of carbonyl (C=O) groups is 1. The average molecular weight is 452 g/mol. The Labute approximate surface area is 173 Å². The topological polar surface area (TPSA) is 36.0 Å². The molecule has 1 aromatic carbocycles. The summed E-state index contributed by atoms with van der Waals surface area (Å²) in [5.41, 5.74) is 0. The summed E-state index contributed by atoms with van der Waals surface area (Å²) in [7, 11) is 1.97. The second-order valence-electron chi connectivity index (χ2n) is 6.76. The van der Waals surface area contributed by atoms with Crippen LogP contribution in [-0.2, 0) is 11.3 Å². The maximum absolute atomic E-state index is 12.5. The van der Waals surface area contributed by atoms with Crippen molar-refractivity contribution in [2.24, 2.45) is 0 Å². The van der Waals surface area contributed by atoms with Gasteiger partial charge in [-0.05, 0) is 47.2 Å². The van der Waals surface area contributed by atoms with Gasteiger partial charge in [0.15, 0.2) is 0 Å². The first kappa shape index (κ1) is 20.3. The van der Waals surface area contributed by atoms with Crippen molar-refractivity contribution >= 4 is 33.2 Å². The lowest BCUT2D eigenvalue weighted by molar-refractivity contribution is -0.134. The Morgan fingerprint density at radius 2 is 1.89 bits per heavy atom. The number of amides is 1. The first-order chi connectivity index (χ1) is 13.1. The van der Waals surface area contributed by atoms with Crippen molar-refractivity contribution in [3.8, 4) is 5.75 Å². The van der Waals surface area contributed by atoms with E-state index in [9.17, 15) is 4.79 Å². The smallest absolute Gasteiger partial charge is 0.236 e. The lowest BCUT2D eigenvalue weighted by Gasteiger charge is -2.35. The minimum Gasteiger partial charge on any atom is -0.492 e. The summed E-state index contributed by atoms with van der Waals surface area (Å²) in [6, 6.07) is 14.0. The molecule has 3 rings (SSSR count). The molecule has 1 aromatic heterocycles. The van der Waals surface area contributed by atoms with E-state index < -0.39 is 0 Å². The third kappa shape index (κ3) is 6.60. The van der Waals surface area contributed by atoms with Gasteiger partial charge < -0.3 is 9.64 Å². The van der Waals surface area contributed by atoms with E-state index in [0.717, 1.165) is 45.0 Å². The van der Waals surface area contributed by atoms with Crippen molar-refractivity contribution in [3.05, 3.63) is 51.1 Å². The Kier molecular flexibility index (Phi) is 7.70. The van der Waals surface area contributed by atoms with Crippen molar-refractivity contribution in [1.29, 1.82) is 0 Å². The molecule has 0 radical (unpaired) electrons. The number of para-hydroxylation sites is 1. The SMILES string of the molecule is CN(CCOc1ccccc1)CC(=O)N1CCN(Cc2ccc(Br)s2)CC1. The van der Waals surface area contributed by atoms with Crippen molar-refractivity contribution < 1.29 is 9.53 Å². The zero-order valence-corrected chi connectivity index (χ0v) is 18.0. The average Bonchev–Trinajstić information content (AvgIpc) is 3.08. The summed E-state index contributed by atoms with van der Waals surface area (Å²) in [4.78, 5) is 20.3. The molecule has 7 heteroatoms. The number of carbonyl (C=O) groups excluding carboxylic acids is 1. The second kappa shape index (κ2) is 10.2. The summed E-state index contributed by atoms with van der Waals surface area (Å²) in [5.74, 6) is 1.07. The molecule has 5 nitrogen and oxygen atoms in total. The fourth-order valence-electron chi connectivity index (χ4n) is 3.06. The first-order valence-electron chi connectivity index (χ1n) is 9.21. The van der Waals surface area contributed by atoms with Gasteiger partial charge in [0.05, 0.1) is 10.3 Å². The van der Waals surface area contributed by atoms with Gasteiger partial charge in [-0.2, -0.15) is 0 Å². The van der Waals surface area contributed by atoms with Gasteiger partial charge in [0.2, 0.25) is 5.91 Å². The van der Waals surface area contributed by atoms with E-state index in [4.69, 9.17) is 4.74 Å². The van der Waals surface area contributed by atoms with E-state index in [1.807, 2.05) is 47.2 Å². The van der Waals surface area contributed by atoms with E-state index in [-0.39, 0.29) is 5.91 Å². The highest BCUT2D eigenvalue weighted by Gasteiger charge is 2.22. The minimum atomic E-state index is 0.204. The van der Waals surface area contributed by atoms with Crippen molar-refractivity contribution in [3.63, 3.8) is 0 Å². The van der Waals surface area contributed by atoms with Gasteiger partial charge in [-0.15, -0.1) is 11.3 Å². The molecular formula is C20H26BrN3O2S. The van der Waals surface area contributed by atoms with Crippen LogP contribution in [0.1, 0.15) is 4.88 Å². The van der Waals surface area contributed by atoms with Crippen molar-refractivity contribution in [2.45, 2.75) is 6.54 Å². The summed E-state index contributed by atoms with van der Waals surface area (Å²) in [6.07, 6.45) is 0. The molecule has 2 heterocycles. The van der Waals surface area contributed by atoms with Crippen LogP contribution in [0.25, 0.3) is 0 Å². The fourth-order valence-corrected chi connectivity index (χ4v) is 4.58. The number of likely N-dealkylation sites (N-methyl/N-ethyl adjacent to an activating group) is 1. The van der Waals surface area contributed by atoms with Crippen LogP contribution >= 0.6 is 27.3 Å². The first-order valence-corrected chi connectivity index (χ1v) is 10.8. The quantitative estimate of drug-likeness (QED) is 0.617. The molecule has 1 saturated heterocycles. The third-order valence-electron chi connectivity index (χ3n) is 4.62. The molecule has 1 aliphatic heterocycles. The number of thiophene rings is 1. The molecule has 0 bridgehead atoms. The number of benzene rings is 1. The lowest BCUT2D eigenvalue weighted by Crippen LogP contribution is -2.50. The van der Waals surface area contributed by atoms with Crippen LogP contribution in [0.5, 0.6) is 5.75 Å². The van der Waals surface area contributed by atoms with E-state index >= 15 is 0 Å². The van der Waals surface area contributed by atoms with Crippen LogP contribution in [0.2, 0.25) is 0 Å². The van der Waals surface area contributed by atoms with Crippen LogP contribution in [-0.4, -0.2) is 73.5 Å². The normalized spacial score (nSPS) is 15.3. The van der Waals surface area contributed by atoms with Crippen molar-refractivity contribution in [2.75, 3.05) is 52.9 Å². The van der Waals surface area contributed by atoms with Crippen LogP contribution in [0.4, 0.5) is 0 Å².